The van der Waals surface area contributed by atoms with Gasteiger partial charge in [0.1, 0.15) is 5.82 Å². The zero-order valence-electron chi connectivity index (χ0n) is 11.8. The van der Waals surface area contributed by atoms with Crippen molar-refractivity contribution in [3.63, 3.8) is 0 Å². The fraction of sp³-hybridized carbons (Fsp3) is 0.250. The van der Waals surface area contributed by atoms with E-state index in [1.807, 2.05) is 0 Å². The minimum atomic E-state index is -0.716. The third-order valence-electron chi connectivity index (χ3n) is 3.22. The van der Waals surface area contributed by atoms with Gasteiger partial charge in [0.05, 0.1) is 20.3 Å². The first-order chi connectivity index (χ1) is 10.0. The molecule has 0 spiro atoms. The summed E-state index contributed by atoms with van der Waals surface area (Å²) in [6, 6.07) is 9.68. The smallest absolute Gasteiger partial charge is 0.161 e. The molecule has 0 aliphatic heterocycles. The van der Waals surface area contributed by atoms with E-state index in [9.17, 15) is 9.50 Å². The Hall–Kier alpha value is -1.59. The molecule has 0 aromatic heterocycles. The molecule has 112 valence electrons. The van der Waals surface area contributed by atoms with E-state index < -0.39 is 6.10 Å². The van der Waals surface area contributed by atoms with Crippen LogP contribution >= 0.6 is 15.9 Å². The molecular formula is C16H16BrFO3. The third kappa shape index (κ3) is 3.74. The highest BCUT2D eigenvalue weighted by molar-refractivity contribution is 9.10. The van der Waals surface area contributed by atoms with Crippen LogP contribution in [0, 0.1) is 5.82 Å². The Labute approximate surface area is 131 Å². The third-order valence-corrected chi connectivity index (χ3v) is 3.96. The van der Waals surface area contributed by atoms with Gasteiger partial charge in [-0.15, -0.1) is 0 Å². The molecule has 2 aromatic rings. The molecular weight excluding hydrogens is 339 g/mol. The Bertz CT molecular complexity index is 631. The highest BCUT2D eigenvalue weighted by atomic mass is 79.9. The second-order valence-electron chi connectivity index (χ2n) is 4.57. The van der Waals surface area contributed by atoms with Crippen molar-refractivity contribution in [3.8, 4) is 11.5 Å². The lowest BCUT2D eigenvalue weighted by Crippen LogP contribution is -2.03. The van der Waals surface area contributed by atoms with Gasteiger partial charge in [0.25, 0.3) is 0 Å². The fourth-order valence-electron chi connectivity index (χ4n) is 2.07. The van der Waals surface area contributed by atoms with Crippen LogP contribution < -0.4 is 9.47 Å². The number of benzene rings is 2. The van der Waals surface area contributed by atoms with Crippen molar-refractivity contribution in [2.75, 3.05) is 14.2 Å². The van der Waals surface area contributed by atoms with Crippen LogP contribution in [0.5, 0.6) is 11.5 Å². The zero-order valence-corrected chi connectivity index (χ0v) is 13.4. The predicted octanol–water partition coefficient (Wildman–Crippen LogP) is 3.88. The molecule has 0 aliphatic rings. The maximum Gasteiger partial charge on any atom is 0.161 e. The van der Waals surface area contributed by atoms with Gasteiger partial charge in [0.2, 0.25) is 0 Å². The Morgan fingerprint density at radius 1 is 1.10 bits per heavy atom. The molecule has 0 fully saturated rings. The van der Waals surface area contributed by atoms with E-state index >= 15 is 0 Å². The van der Waals surface area contributed by atoms with E-state index in [-0.39, 0.29) is 5.82 Å². The minimum Gasteiger partial charge on any atom is -0.493 e. The molecule has 2 aromatic carbocycles. The number of hydrogen-bond acceptors (Lipinski definition) is 3. The first kappa shape index (κ1) is 15.8. The summed E-state index contributed by atoms with van der Waals surface area (Å²) in [5, 5.41) is 10.3. The van der Waals surface area contributed by atoms with Crippen LogP contribution in [-0.2, 0) is 6.42 Å². The van der Waals surface area contributed by atoms with E-state index in [0.29, 0.717) is 28.0 Å². The van der Waals surface area contributed by atoms with Crippen LogP contribution in [0.25, 0.3) is 0 Å². The summed E-state index contributed by atoms with van der Waals surface area (Å²) in [6.07, 6.45) is -0.345. The molecule has 3 nitrogen and oxygen atoms in total. The molecule has 0 amide bonds. The summed E-state index contributed by atoms with van der Waals surface area (Å²) in [5.74, 6) is 0.856. The summed E-state index contributed by atoms with van der Waals surface area (Å²) in [4.78, 5) is 0. The Morgan fingerprint density at radius 3 is 2.43 bits per heavy atom. The molecule has 0 heterocycles. The van der Waals surface area contributed by atoms with Gasteiger partial charge >= 0.3 is 0 Å². The van der Waals surface area contributed by atoms with Crippen molar-refractivity contribution >= 4 is 15.9 Å². The van der Waals surface area contributed by atoms with E-state index in [4.69, 9.17) is 9.47 Å². The fourth-order valence-corrected chi connectivity index (χ4v) is 2.59. The molecule has 5 heteroatoms. The molecule has 0 radical (unpaired) electrons. The second kappa shape index (κ2) is 6.91. The molecule has 2 rings (SSSR count). The van der Waals surface area contributed by atoms with Crippen molar-refractivity contribution in [1.29, 1.82) is 0 Å². The number of aliphatic hydroxyl groups excluding tert-OH is 1. The lowest BCUT2D eigenvalue weighted by molar-refractivity contribution is 0.177. The lowest BCUT2D eigenvalue weighted by Gasteiger charge is -2.15. The van der Waals surface area contributed by atoms with Gasteiger partial charge in [0.15, 0.2) is 11.5 Å². The van der Waals surface area contributed by atoms with Gasteiger partial charge in [-0.25, -0.2) is 4.39 Å². The van der Waals surface area contributed by atoms with Crippen LogP contribution in [0.2, 0.25) is 0 Å². The Balaban J connectivity index is 2.21. The van der Waals surface area contributed by atoms with Gasteiger partial charge in [0, 0.05) is 10.9 Å². The van der Waals surface area contributed by atoms with Crippen LogP contribution in [-0.4, -0.2) is 19.3 Å². The monoisotopic (exact) mass is 354 g/mol. The van der Waals surface area contributed by atoms with Crippen molar-refractivity contribution in [3.05, 3.63) is 57.8 Å². The molecule has 1 N–H and O–H groups in total. The Kier molecular flexibility index (Phi) is 5.20. The maximum absolute atomic E-state index is 13.1. The normalized spacial score (nSPS) is 12.0. The molecule has 0 aliphatic carbocycles. The van der Waals surface area contributed by atoms with Gasteiger partial charge < -0.3 is 14.6 Å². The van der Waals surface area contributed by atoms with E-state index in [1.54, 1.807) is 38.5 Å². The summed E-state index contributed by atoms with van der Waals surface area (Å²) in [5.41, 5.74) is 1.54. The van der Waals surface area contributed by atoms with Crippen LogP contribution in [0.3, 0.4) is 0 Å². The van der Waals surface area contributed by atoms with Gasteiger partial charge in [-0.1, -0.05) is 28.1 Å². The maximum atomic E-state index is 13.1. The largest absolute Gasteiger partial charge is 0.493 e. The summed E-state index contributed by atoms with van der Waals surface area (Å²) >= 11 is 3.30. The van der Waals surface area contributed by atoms with Gasteiger partial charge in [-0.2, -0.15) is 0 Å². The second-order valence-corrected chi connectivity index (χ2v) is 5.42. The molecule has 1 unspecified atom stereocenters. The van der Waals surface area contributed by atoms with Crippen LogP contribution in [0.15, 0.2) is 40.9 Å². The highest BCUT2D eigenvalue weighted by Gasteiger charge is 2.14. The number of aliphatic hydroxyl groups is 1. The molecule has 0 bridgehead atoms. The summed E-state index contributed by atoms with van der Waals surface area (Å²) in [6.45, 7) is 0. The van der Waals surface area contributed by atoms with Crippen LogP contribution in [0.4, 0.5) is 4.39 Å². The van der Waals surface area contributed by atoms with Crippen molar-refractivity contribution < 1.29 is 19.0 Å². The number of halogens is 2. The highest BCUT2D eigenvalue weighted by Crippen LogP contribution is 2.32. The SMILES string of the molecule is COc1ccc(C(O)Cc2ccc(F)cc2Br)cc1OC. The van der Waals surface area contributed by atoms with E-state index in [2.05, 4.69) is 15.9 Å². The molecule has 0 saturated heterocycles. The van der Waals surface area contributed by atoms with Crippen molar-refractivity contribution in [1.82, 2.24) is 0 Å². The number of rotatable bonds is 5. The lowest BCUT2D eigenvalue weighted by atomic mass is 10.0. The Morgan fingerprint density at radius 2 is 1.81 bits per heavy atom. The van der Waals surface area contributed by atoms with Crippen molar-refractivity contribution in [2.24, 2.45) is 0 Å². The van der Waals surface area contributed by atoms with Crippen molar-refractivity contribution in [2.45, 2.75) is 12.5 Å². The molecule has 0 saturated carbocycles. The average molecular weight is 355 g/mol. The quantitative estimate of drug-likeness (QED) is 0.885. The first-order valence-electron chi connectivity index (χ1n) is 6.39. The first-order valence-corrected chi connectivity index (χ1v) is 7.18. The topological polar surface area (TPSA) is 38.7 Å². The number of hydrogen-bond donors (Lipinski definition) is 1. The minimum absolute atomic E-state index is 0.314. The van der Waals surface area contributed by atoms with E-state index in [1.165, 1.54) is 12.1 Å². The van der Waals surface area contributed by atoms with E-state index in [0.717, 1.165) is 5.56 Å². The standard InChI is InChI=1S/C16H16BrFO3/c1-20-15-6-4-11(8-16(15)21-2)14(19)7-10-3-5-12(18)9-13(10)17/h3-6,8-9,14,19H,7H2,1-2H3. The zero-order chi connectivity index (χ0) is 15.4. The predicted molar refractivity (Wildman–Crippen MR) is 82.3 cm³/mol. The molecule has 1 atom stereocenters. The summed E-state index contributed by atoms with van der Waals surface area (Å²) in [7, 11) is 3.11. The van der Waals surface area contributed by atoms with Gasteiger partial charge in [-0.05, 0) is 35.4 Å². The average Bonchev–Trinajstić information content (AvgIpc) is 2.49. The molecule has 21 heavy (non-hydrogen) atoms. The van der Waals surface area contributed by atoms with Gasteiger partial charge in [-0.3, -0.25) is 0 Å². The van der Waals surface area contributed by atoms with Crippen LogP contribution in [0.1, 0.15) is 17.2 Å². The number of methoxy groups -OCH3 is 2. The number of ether oxygens (including phenoxy) is 2. The summed E-state index contributed by atoms with van der Waals surface area (Å²) < 4.78 is 24.1.